The van der Waals surface area contributed by atoms with Crippen LogP contribution in [0.1, 0.15) is 11.6 Å². The van der Waals surface area contributed by atoms with E-state index in [4.69, 9.17) is 9.47 Å². The lowest BCUT2D eigenvalue weighted by molar-refractivity contribution is 0.325. The van der Waals surface area contributed by atoms with Crippen molar-refractivity contribution in [2.24, 2.45) is 0 Å². The summed E-state index contributed by atoms with van der Waals surface area (Å²) in [5.41, 5.74) is 0.856. The van der Waals surface area contributed by atoms with Crippen molar-refractivity contribution in [2.45, 2.75) is 10.9 Å². The summed E-state index contributed by atoms with van der Waals surface area (Å²) in [4.78, 5) is 0.202. The number of sulfonamides is 1. The highest BCUT2D eigenvalue weighted by atomic mass is 32.2. The number of benzene rings is 2. The first-order valence-corrected chi connectivity index (χ1v) is 7.96. The minimum absolute atomic E-state index is 0.202. The van der Waals surface area contributed by atoms with Gasteiger partial charge >= 0.3 is 0 Å². The first kappa shape index (κ1) is 13.9. The van der Waals surface area contributed by atoms with E-state index < -0.39 is 10.0 Å². The number of hydrogen-bond donors (Lipinski definition) is 1. The summed E-state index contributed by atoms with van der Waals surface area (Å²) in [6, 6.07) is 13.3. The number of methoxy groups -OCH3 is 1. The van der Waals surface area contributed by atoms with Crippen LogP contribution in [-0.4, -0.2) is 22.1 Å². The Morgan fingerprint density at radius 3 is 2.57 bits per heavy atom. The molecule has 1 unspecified atom stereocenters. The smallest absolute Gasteiger partial charge is 0.241 e. The normalized spacial score (nSPS) is 17.1. The second-order valence-corrected chi connectivity index (χ2v) is 6.41. The molecule has 0 spiro atoms. The first-order chi connectivity index (χ1) is 10.1. The third-order valence-corrected chi connectivity index (χ3v) is 4.85. The maximum absolute atomic E-state index is 12.4. The van der Waals surface area contributed by atoms with Gasteiger partial charge in [-0.2, -0.15) is 0 Å². The molecule has 1 atom stereocenters. The molecule has 2 aromatic carbocycles. The van der Waals surface area contributed by atoms with Gasteiger partial charge in [0.15, 0.2) is 0 Å². The Kier molecular flexibility index (Phi) is 3.57. The molecule has 1 aliphatic heterocycles. The zero-order chi connectivity index (χ0) is 14.9. The minimum atomic E-state index is -3.60. The lowest BCUT2D eigenvalue weighted by Crippen LogP contribution is -2.29. The molecule has 0 bridgehead atoms. The highest BCUT2D eigenvalue weighted by Gasteiger charge is 2.28. The van der Waals surface area contributed by atoms with Crippen LogP contribution < -0.4 is 14.2 Å². The second-order valence-electron chi connectivity index (χ2n) is 4.70. The van der Waals surface area contributed by atoms with Crippen molar-refractivity contribution in [2.75, 3.05) is 13.7 Å². The Labute approximate surface area is 123 Å². The van der Waals surface area contributed by atoms with E-state index >= 15 is 0 Å². The average Bonchev–Trinajstić information content (AvgIpc) is 2.90. The van der Waals surface area contributed by atoms with E-state index in [1.54, 1.807) is 12.1 Å². The Morgan fingerprint density at radius 1 is 1.14 bits per heavy atom. The highest BCUT2D eigenvalue weighted by Crippen LogP contribution is 2.32. The van der Waals surface area contributed by atoms with Crippen LogP contribution in [0, 0.1) is 0 Å². The van der Waals surface area contributed by atoms with Gasteiger partial charge in [-0.3, -0.25) is 0 Å². The number of ether oxygens (including phenoxy) is 2. The summed E-state index contributed by atoms with van der Waals surface area (Å²) in [5.74, 6) is 1.34. The van der Waals surface area contributed by atoms with E-state index in [1.165, 1.54) is 19.2 Å². The van der Waals surface area contributed by atoms with E-state index in [0.717, 1.165) is 11.3 Å². The van der Waals surface area contributed by atoms with E-state index in [-0.39, 0.29) is 10.9 Å². The van der Waals surface area contributed by atoms with Crippen molar-refractivity contribution in [3.8, 4) is 11.5 Å². The summed E-state index contributed by atoms with van der Waals surface area (Å²) < 4.78 is 38.0. The fraction of sp³-hybridized carbons (Fsp3) is 0.200. The van der Waals surface area contributed by atoms with Gasteiger partial charge in [-0.15, -0.1) is 0 Å². The maximum Gasteiger partial charge on any atom is 0.241 e. The van der Waals surface area contributed by atoms with Crippen LogP contribution in [0.15, 0.2) is 53.4 Å². The maximum atomic E-state index is 12.4. The number of rotatable bonds is 4. The summed E-state index contributed by atoms with van der Waals surface area (Å²) >= 11 is 0. The van der Waals surface area contributed by atoms with E-state index in [9.17, 15) is 8.42 Å². The van der Waals surface area contributed by atoms with Gasteiger partial charge in [0.05, 0.1) is 18.0 Å². The molecule has 0 aliphatic carbocycles. The first-order valence-electron chi connectivity index (χ1n) is 6.48. The van der Waals surface area contributed by atoms with Crippen LogP contribution in [0.2, 0.25) is 0 Å². The largest absolute Gasteiger partial charge is 0.497 e. The monoisotopic (exact) mass is 305 g/mol. The molecule has 110 valence electrons. The molecule has 1 N–H and O–H groups in total. The molecule has 0 aromatic heterocycles. The molecule has 21 heavy (non-hydrogen) atoms. The molecule has 1 aliphatic rings. The van der Waals surface area contributed by atoms with Crippen molar-refractivity contribution < 1.29 is 17.9 Å². The Balaban J connectivity index is 1.83. The Morgan fingerprint density at radius 2 is 1.86 bits per heavy atom. The Hall–Kier alpha value is -2.05. The molecule has 0 radical (unpaired) electrons. The number of hydrogen-bond acceptors (Lipinski definition) is 4. The van der Waals surface area contributed by atoms with Crippen molar-refractivity contribution in [1.82, 2.24) is 4.72 Å². The third-order valence-electron chi connectivity index (χ3n) is 3.37. The van der Waals surface area contributed by atoms with Crippen LogP contribution in [0.3, 0.4) is 0 Å². The van der Waals surface area contributed by atoms with Crippen molar-refractivity contribution >= 4 is 10.0 Å². The summed E-state index contributed by atoms with van der Waals surface area (Å²) in [7, 11) is -2.06. The van der Waals surface area contributed by atoms with Crippen molar-refractivity contribution in [3.63, 3.8) is 0 Å². The molecule has 5 nitrogen and oxygen atoms in total. The number of para-hydroxylation sites is 1. The summed E-state index contributed by atoms with van der Waals surface area (Å²) in [6.07, 6.45) is 0. The van der Waals surface area contributed by atoms with Crippen LogP contribution >= 0.6 is 0 Å². The Bertz CT molecular complexity index is 741. The van der Waals surface area contributed by atoms with Gasteiger partial charge in [-0.1, -0.05) is 18.2 Å². The van der Waals surface area contributed by atoms with Gasteiger partial charge in [0.1, 0.15) is 18.1 Å². The third kappa shape index (κ3) is 2.72. The van der Waals surface area contributed by atoms with Crippen LogP contribution in [-0.2, 0) is 10.0 Å². The van der Waals surface area contributed by atoms with Crippen LogP contribution in [0.5, 0.6) is 11.5 Å². The number of nitrogens with one attached hydrogen (secondary N) is 1. The van der Waals surface area contributed by atoms with Gasteiger partial charge in [0.2, 0.25) is 10.0 Å². The predicted octanol–water partition coefficient (Wildman–Crippen LogP) is 2.11. The molecule has 1 heterocycles. The minimum Gasteiger partial charge on any atom is -0.497 e. The van der Waals surface area contributed by atoms with E-state index in [1.807, 2.05) is 24.3 Å². The van der Waals surface area contributed by atoms with Gasteiger partial charge in [-0.05, 0) is 30.3 Å². The molecular weight excluding hydrogens is 290 g/mol. The summed E-state index contributed by atoms with van der Waals surface area (Å²) in [5, 5.41) is 0. The predicted molar refractivity (Wildman–Crippen MR) is 78.0 cm³/mol. The quantitative estimate of drug-likeness (QED) is 0.939. The SMILES string of the molecule is COc1ccc(S(=O)(=O)NC2COc3ccccc32)cc1. The van der Waals surface area contributed by atoms with Gasteiger partial charge in [0, 0.05) is 5.56 Å². The lowest BCUT2D eigenvalue weighted by atomic mass is 10.1. The second kappa shape index (κ2) is 5.38. The van der Waals surface area contributed by atoms with Crippen LogP contribution in [0.25, 0.3) is 0 Å². The van der Waals surface area contributed by atoms with Gasteiger partial charge in [-0.25, -0.2) is 13.1 Å². The molecule has 0 amide bonds. The van der Waals surface area contributed by atoms with E-state index in [0.29, 0.717) is 12.4 Å². The molecule has 6 heteroatoms. The van der Waals surface area contributed by atoms with Gasteiger partial charge < -0.3 is 9.47 Å². The molecule has 0 fully saturated rings. The summed E-state index contributed by atoms with van der Waals surface area (Å²) in [6.45, 7) is 0.300. The topological polar surface area (TPSA) is 64.6 Å². The standard InChI is InChI=1S/C15H15NO4S/c1-19-11-6-8-12(9-7-11)21(17,18)16-14-10-20-15-5-3-2-4-13(14)15/h2-9,14,16H,10H2,1H3. The molecular formula is C15H15NO4S. The van der Waals surface area contributed by atoms with Crippen LogP contribution in [0.4, 0.5) is 0 Å². The lowest BCUT2D eigenvalue weighted by Gasteiger charge is -2.12. The molecule has 3 rings (SSSR count). The van der Waals surface area contributed by atoms with Crippen molar-refractivity contribution in [3.05, 3.63) is 54.1 Å². The molecule has 0 saturated carbocycles. The van der Waals surface area contributed by atoms with Crippen molar-refractivity contribution in [1.29, 1.82) is 0 Å². The zero-order valence-corrected chi connectivity index (χ0v) is 12.3. The average molecular weight is 305 g/mol. The molecule has 2 aromatic rings. The van der Waals surface area contributed by atoms with E-state index in [2.05, 4.69) is 4.72 Å². The molecule has 0 saturated heterocycles. The van der Waals surface area contributed by atoms with Gasteiger partial charge in [0.25, 0.3) is 0 Å². The fourth-order valence-electron chi connectivity index (χ4n) is 2.27. The fourth-order valence-corrected chi connectivity index (χ4v) is 3.47. The highest BCUT2D eigenvalue weighted by molar-refractivity contribution is 7.89. The number of fused-ring (bicyclic) bond motifs is 1. The zero-order valence-electron chi connectivity index (χ0n) is 11.4.